The van der Waals surface area contributed by atoms with E-state index in [0.29, 0.717) is 16.4 Å². The van der Waals surface area contributed by atoms with Gasteiger partial charge in [0.2, 0.25) is 5.91 Å². The van der Waals surface area contributed by atoms with Crippen LogP contribution in [-0.2, 0) is 4.79 Å². The highest BCUT2D eigenvalue weighted by molar-refractivity contribution is 9.10. The summed E-state index contributed by atoms with van der Waals surface area (Å²) in [6.45, 7) is 1.91. The van der Waals surface area contributed by atoms with Gasteiger partial charge < -0.3 is 10.6 Å². The molecule has 39 heavy (non-hydrogen) atoms. The van der Waals surface area contributed by atoms with E-state index >= 15 is 0 Å². The highest BCUT2D eigenvalue weighted by Crippen LogP contribution is 2.38. The van der Waals surface area contributed by atoms with Crippen molar-refractivity contribution in [3.05, 3.63) is 130 Å². The van der Waals surface area contributed by atoms with Gasteiger partial charge in [0, 0.05) is 31.6 Å². The highest BCUT2D eigenvalue weighted by atomic mass is 79.9. The molecule has 4 aromatic carbocycles. The molecule has 5 nitrogen and oxygen atoms in total. The number of carbonyl (C=O) groups is 2. The van der Waals surface area contributed by atoms with E-state index < -0.39 is 5.25 Å². The molecule has 1 atom stereocenters. The van der Waals surface area contributed by atoms with Crippen LogP contribution >= 0.6 is 39.0 Å². The van der Waals surface area contributed by atoms with Crippen LogP contribution in [-0.4, -0.2) is 16.8 Å². The molecule has 0 fully saturated rings. The van der Waals surface area contributed by atoms with Crippen molar-refractivity contribution >= 4 is 61.7 Å². The van der Waals surface area contributed by atoms with E-state index in [1.165, 1.54) is 23.1 Å². The summed E-state index contributed by atoms with van der Waals surface area (Å²) in [6.07, 6.45) is 0. The number of amides is 2. The molecule has 1 aromatic heterocycles. The Morgan fingerprint density at radius 1 is 0.872 bits per heavy atom. The first-order valence-electron chi connectivity index (χ1n) is 12.2. The van der Waals surface area contributed by atoms with E-state index in [9.17, 15) is 9.59 Å². The summed E-state index contributed by atoms with van der Waals surface area (Å²) in [5.41, 5.74) is 4.87. The van der Waals surface area contributed by atoms with Crippen molar-refractivity contribution in [2.24, 2.45) is 0 Å². The quantitative estimate of drug-likeness (QED) is 0.172. The van der Waals surface area contributed by atoms with Crippen LogP contribution in [0.4, 0.5) is 10.8 Å². The van der Waals surface area contributed by atoms with Crippen molar-refractivity contribution in [1.29, 1.82) is 0 Å². The number of benzene rings is 4. The van der Waals surface area contributed by atoms with Gasteiger partial charge >= 0.3 is 0 Å². The number of hydrogen-bond acceptors (Lipinski definition) is 5. The number of rotatable bonds is 8. The van der Waals surface area contributed by atoms with Gasteiger partial charge in [0.15, 0.2) is 5.13 Å². The van der Waals surface area contributed by atoms with Crippen molar-refractivity contribution in [2.75, 3.05) is 10.6 Å². The average Bonchev–Trinajstić information content (AvgIpc) is 3.41. The van der Waals surface area contributed by atoms with Gasteiger partial charge in [-0.1, -0.05) is 82.7 Å². The van der Waals surface area contributed by atoms with Crippen LogP contribution < -0.4 is 10.6 Å². The fraction of sp³-hybridized carbons (Fsp3) is 0.0645. The number of anilines is 2. The molecule has 1 heterocycles. The lowest BCUT2D eigenvalue weighted by Gasteiger charge is -2.17. The molecule has 0 aliphatic heterocycles. The van der Waals surface area contributed by atoms with Crippen LogP contribution in [0.1, 0.15) is 26.7 Å². The summed E-state index contributed by atoms with van der Waals surface area (Å²) in [5, 5.41) is 7.94. The van der Waals surface area contributed by atoms with Gasteiger partial charge in [-0.25, -0.2) is 4.98 Å². The van der Waals surface area contributed by atoms with E-state index in [-0.39, 0.29) is 11.8 Å². The first-order chi connectivity index (χ1) is 19.0. The van der Waals surface area contributed by atoms with Crippen molar-refractivity contribution in [3.63, 3.8) is 0 Å². The maximum absolute atomic E-state index is 13.6. The minimum Gasteiger partial charge on any atom is -0.322 e. The van der Waals surface area contributed by atoms with Gasteiger partial charge in [-0.2, -0.15) is 0 Å². The monoisotopic (exact) mass is 613 g/mol. The molecule has 8 heteroatoms. The van der Waals surface area contributed by atoms with Crippen LogP contribution in [0.5, 0.6) is 0 Å². The Labute approximate surface area is 243 Å². The number of carbonyl (C=O) groups excluding carboxylic acids is 2. The standard InChI is InChI=1S/C31H24BrN3O2S2/c1-20-8-5-6-13-26(20)29(36)33-24-11-7-12-25(18-24)39-28(22-9-3-2-4-10-22)30(37)35-31-34-27(19-38-31)21-14-16-23(32)17-15-21/h2-19,28H,1H3,(H,33,36)(H,34,35,37). The number of thiazole rings is 1. The predicted molar refractivity (Wildman–Crippen MR) is 164 cm³/mol. The molecular formula is C31H24BrN3O2S2. The summed E-state index contributed by atoms with van der Waals surface area (Å²) in [5.74, 6) is -0.338. The lowest BCUT2D eigenvalue weighted by atomic mass is 10.1. The molecule has 194 valence electrons. The van der Waals surface area contributed by atoms with Gasteiger partial charge in [-0.05, 0) is 54.4 Å². The molecule has 5 aromatic rings. The van der Waals surface area contributed by atoms with Crippen LogP contribution in [0, 0.1) is 6.92 Å². The zero-order valence-corrected chi connectivity index (χ0v) is 24.1. The Bertz CT molecular complexity index is 1600. The molecule has 0 aliphatic carbocycles. The molecule has 1 unspecified atom stereocenters. The smallest absolute Gasteiger partial charge is 0.255 e. The maximum Gasteiger partial charge on any atom is 0.255 e. The first kappa shape index (κ1) is 26.9. The number of nitrogens with one attached hydrogen (secondary N) is 2. The number of thioether (sulfide) groups is 1. The third kappa shape index (κ3) is 6.84. The van der Waals surface area contributed by atoms with E-state index in [4.69, 9.17) is 0 Å². The topological polar surface area (TPSA) is 71.1 Å². The molecule has 2 amide bonds. The van der Waals surface area contributed by atoms with Crippen LogP contribution in [0.3, 0.4) is 0 Å². The zero-order valence-electron chi connectivity index (χ0n) is 20.9. The lowest BCUT2D eigenvalue weighted by Crippen LogP contribution is -2.19. The zero-order chi connectivity index (χ0) is 27.2. The molecule has 0 bridgehead atoms. The second-order valence-electron chi connectivity index (χ2n) is 8.74. The van der Waals surface area contributed by atoms with Crippen molar-refractivity contribution < 1.29 is 9.59 Å². The second kappa shape index (κ2) is 12.4. The van der Waals surface area contributed by atoms with Crippen LogP contribution in [0.2, 0.25) is 0 Å². The highest BCUT2D eigenvalue weighted by Gasteiger charge is 2.23. The molecule has 2 N–H and O–H groups in total. The van der Waals surface area contributed by atoms with E-state index in [2.05, 4.69) is 31.5 Å². The Morgan fingerprint density at radius 2 is 1.62 bits per heavy atom. The SMILES string of the molecule is Cc1ccccc1C(=O)Nc1cccc(SC(C(=O)Nc2nc(-c3ccc(Br)cc3)cs2)c2ccccc2)c1. The third-order valence-corrected chi connectivity index (χ3v) is 8.48. The van der Waals surface area contributed by atoms with Crippen LogP contribution in [0.25, 0.3) is 11.3 Å². The second-order valence-corrected chi connectivity index (χ2v) is 11.7. The van der Waals surface area contributed by atoms with Crippen molar-refractivity contribution in [2.45, 2.75) is 17.1 Å². The number of nitrogens with zero attached hydrogens (tertiary/aromatic N) is 1. The molecule has 0 spiro atoms. The van der Waals surface area contributed by atoms with Gasteiger partial charge in [0.05, 0.1) is 5.69 Å². The fourth-order valence-corrected chi connectivity index (χ4v) is 6.04. The summed E-state index contributed by atoms with van der Waals surface area (Å²) >= 11 is 6.27. The summed E-state index contributed by atoms with van der Waals surface area (Å²) in [6, 6.07) is 32.6. The fourth-order valence-electron chi connectivity index (χ4n) is 3.97. The third-order valence-electron chi connectivity index (χ3n) is 5.95. The summed E-state index contributed by atoms with van der Waals surface area (Å²) in [4.78, 5) is 31.9. The van der Waals surface area contributed by atoms with E-state index in [0.717, 1.165) is 31.8 Å². The van der Waals surface area contributed by atoms with Crippen LogP contribution in [0.15, 0.2) is 118 Å². The number of aromatic nitrogens is 1. The van der Waals surface area contributed by atoms with Crippen molar-refractivity contribution in [1.82, 2.24) is 4.98 Å². The van der Waals surface area contributed by atoms with Gasteiger partial charge in [0.1, 0.15) is 5.25 Å². The number of aryl methyl sites for hydroxylation is 1. The van der Waals surface area contributed by atoms with Gasteiger partial charge in [-0.15, -0.1) is 23.1 Å². The van der Waals surface area contributed by atoms with Crippen molar-refractivity contribution in [3.8, 4) is 11.3 Å². The Balaban J connectivity index is 1.34. The van der Waals surface area contributed by atoms with E-state index in [1.807, 2.05) is 109 Å². The lowest BCUT2D eigenvalue weighted by molar-refractivity contribution is -0.115. The molecular weight excluding hydrogens is 590 g/mol. The molecule has 5 rings (SSSR count). The molecule has 0 aliphatic rings. The summed E-state index contributed by atoms with van der Waals surface area (Å²) < 4.78 is 0.997. The molecule has 0 radical (unpaired) electrons. The maximum atomic E-state index is 13.6. The largest absolute Gasteiger partial charge is 0.322 e. The minimum absolute atomic E-state index is 0.169. The number of hydrogen-bond donors (Lipinski definition) is 2. The van der Waals surface area contributed by atoms with Gasteiger partial charge in [0.25, 0.3) is 5.91 Å². The summed E-state index contributed by atoms with van der Waals surface area (Å²) in [7, 11) is 0. The number of halogens is 1. The predicted octanol–water partition coefficient (Wildman–Crippen LogP) is 8.61. The molecule has 0 saturated heterocycles. The average molecular weight is 615 g/mol. The Morgan fingerprint density at radius 3 is 2.38 bits per heavy atom. The van der Waals surface area contributed by atoms with Gasteiger partial charge in [-0.3, -0.25) is 9.59 Å². The normalized spacial score (nSPS) is 11.5. The first-order valence-corrected chi connectivity index (χ1v) is 14.7. The minimum atomic E-state index is -0.520. The Hall–Kier alpha value is -3.72. The van der Waals surface area contributed by atoms with E-state index in [1.54, 1.807) is 6.07 Å². The Kier molecular flexibility index (Phi) is 8.56. The molecule has 0 saturated carbocycles.